The summed E-state index contributed by atoms with van der Waals surface area (Å²) in [6.45, 7) is 6.03. The standard InChI is InChI=1S/C15H23NO2/c1-10-8-13(9-11(2)18-10)16-15-7-5-4-6-14(15)12(3)17/h4-7,10-13,16-17H,8-9H2,1-3H3. The van der Waals surface area contributed by atoms with Crippen LogP contribution in [0, 0.1) is 0 Å². The molecular formula is C15H23NO2. The van der Waals surface area contributed by atoms with Crippen molar-refractivity contribution in [2.45, 2.75) is 58.0 Å². The fraction of sp³-hybridized carbons (Fsp3) is 0.600. The van der Waals surface area contributed by atoms with Crippen molar-refractivity contribution < 1.29 is 9.84 Å². The monoisotopic (exact) mass is 249 g/mol. The predicted octanol–water partition coefficient (Wildman–Crippen LogP) is 3.11. The zero-order chi connectivity index (χ0) is 13.1. The fourth-order valence-corrected chi connectivity index (χ4v) is 2.74. The van der Waals surface area contributed by atoms with Gasteiger partial charge in [0, 0.05) is 17.3 Å². The van der Waals surface area contributed by atoms with Crippen LogP contribution < -0.4 is 5.32 Å². The Morgan fingerprint density at radius 2 is 1.83 bits per heavy atom. The van der Waals surface area contributed by atoms with Crippen molar-refractivity contribution >= 4 is 5.69 Å². The van der Waals surface area contributed by atoms with Gasteiger partial charge in [0.1, 0.15) is 0 Å². The van der Waals surface area contributed by atoms with E-state index in [-0.39, 0.29) is 0 Å². The van der Waals surface area contributed by atoms with Gasteiger partial charge in [-0.25, -0.2) is 0 Å². The third-order valence-corrected chi connectivity index (χ3v) is 3.47. The lowest BCUT2D eigenvalue weighted by atomic mass is 9.98. The molecular weight excluding hydrogens is 226 g/mol. The molecule has 1 saturated heterocycles. The molecule has 1 heterocycles. The third-order valence-electron chi connectivity index (χ3n) is 3.47. The van der Waals surface area contributed by atoms with Crippen molar-refractivity contribution in [3.05, 3.63) is 29.8 Å². The predicted molar refractivity (Wildman–Crippen MR) is 73.7 cm³/mol. The van der Waals surface area contributed by atoms with Gasteiger partial charge in [0.15, 0.2) is 0 Å². The molecule has 1 aromatic carbocycles. The van der Waals surface area contributed by atoms with Crippen LogP contribution in [0.4, 0.5) is 5.69 Å². The van der Waals surface area contributed by atoms with Crippen LogP contribution in [0.25, 0.3) is 0 Å². The van der Waals surface area contributed by atoms with Crippen molar-refractivity contribution in [3.8, 4) is 0 Å². The molecule has 0 radical (unpaired) electrons. The number of hydrogen-bond acceptors (Lipinski definition) is 3. The Morgan fingerprint density at radius 1 is 1.22 bits per heavy atom. The summed E-state index contributed by atoms with van der Waals surface area (Å²) in [5, 5.41) is 13.3. The van der Waals surface area contributed by atoms with Crippen LogP contribution >= 0.6 is 0 Å². The van der Waals surface area contributed by atoms with Gasteiger partial charge >= 0.3 is 0 Å². The minimum Gasteiger partial charge on any atom is -0.389 e. The smallest absolute Gasteiger partial charge is 0.0781 e. The molecule has 1 fully saturated rings. The average Bonchev–Trinajstić information content (AvgIpc) is 2.27. The van der Waals surface area contributed by atoms with Gasteiger partial charge in [-0.05, 0) is 39.7 Å². The lowest BCUT2D eigenvalue weighted by Gasteiger charge is -2.33. The molecule has 0 aliphatic carbocycles. The summed E-state index contributed by atoms with van der Waals surface area (Å²) in [6.07, 6.45) is 2.18. The topological polar surface area (TPSA) is 41.5 Å². The van der Waals surface area contributed by atoms with Crippen LogP contribution in [0.2, 0.25) is 0 Å². The van der Waals surface area contributed by atoms with E-state index in [9.17, 15) is 5.11 Å². The summed E-state index contributed by atoms with van der Waals surface area (Å²) in [7, 11) is 0. The Kier molecular flexibility index (Phi) is 4.25. The van der Waals surface area contributed by atoms with E-state index in [0.717, 1.165) is 24.1 Å². The summed E-state index contributed by atoms with van der Waals surface area (Å²) in [6, 6.07) is 8.39. The van der Waals surface area contributed by atoms with Gasteiger partial charge in [-0.15, -0.1) is 0 Å². The molecule has 3 unspecified atom stereocenters. The lowest BCUT2D eigenvalue weighted by Crippen LogP contribution is -2.37. The number of benzene rings is 1. The Balaban J connectivity index is 2.09. The second-order valence-electron chi connectivity index (χ2n) is 5.33. The lowest BCUT2D eigenvalue weighted by molar-refractivity contribution is -0.0338. The first-order valence-corrected chi connectivity index (χ1v) is 6.75. The Morgan fingerprint density at radius 3 is 2.44 bits per heavy atom. The molecule has 2 rings (SSSR count). The van der Waals surface area contributed by atoms with Gasteiger partial charge in [-0.2, -0.15) is 0 Å². The number of anilines is 1. The fourth-order valence-electron chi connectivity index (χ4n) is 2.74. The maximum atomic E-state index is 9.77. The molecule has 0 bridgehead atoms. The first-order chi connectivity index (χ1) is 8.56. The van der Waals surface area contributed by atoms with Crippen LogP contribution in [0.1, 0.15) is 45.3 Å². The minimum absolute atomic E-state index is 0.296. The van der Waals surface area contributed by atoms with Crippen LogP contribution in [-0.4, -0.2) is 23.4 Å². The molecule has 0 saturated carbocycles. The first kappa shape index (κ1) is 13.4. The van der Waals surface area contributed by atoms with E-state index in [2.05, 4.69) is 19.2 Å². The molecule has 1 aromatic rings. The summed E-state index contributed by atoms with van der Waals surface area (Å²) in [5.41, 5.74) is 2.00. The average molecular weight is 249 g/mol. The number of para-hydroxylation sites is 1. The molecule has 0 spiro atoms. The second kappa shape index (κ2) is 5.72. The van der Waals surface area contributed by atoms with Crippen LogP contribution in [-0.2, 0) is 4.74 Å². The van der Waals surface area contributed by atoms with E-state index >= 15 is 0 Å². The Labute approximate surface area is 109 Å². The van der Waals surface area contributed by atoms with Crippen LogP contribution in [0.3, 0.4) is 0 Å². The van der Waals surface area contributed by atoms with E-state index in [1.54, 1.807) is 6.92 Å². The number of hydrogen-bond donors (Lipinski definition) is 2. The molecule has 2 N–H and O–H groups in total. The van der Waals surface area contributed by atoms with Gasteiger partial charge in [0.2, 0.25) is 0 Å². The molecule has 18 heavy (non-hydrogen) atoms. The molecule has 3 nitrogen and oxygen atoms in total. The summed E-state index contributed by atoms with van der Waals surface area (Å²) >= 11 is 0. The van der Waals surface area contributed by atoms with Crippen LogP contribution in [0.5, 0.6) is 0 Å². The van der Waals surface area contributed by atoms with Crippen molar-refractivity contribution in [2.24, 2.45) is 0 Å². The highest BCUT2D eigenvalue weighted by molar-refractivity contribution is 5.52. The molecule has 0 aromatic heterocycles. The van der Waals surface area contributed by atoms with Crippen molar-refractivity contribution in [1.82, 2.24) is 0 Å². The van der Waals surface area contributed by atoms with Crippen molar-refractivity contribution in [2.75, 3.05) is 5.32 Å². The number of rotatable bonds is 3. The highest BCUT2D eigenvalue weighted by Crippen LogP contribution is 2.27. The van der Waals surface area contributed by atoms with Crippen LogP contribution in [0.15, 0.2) is 24.3 Å². The maximum Gasteiger partial charge on any atom is 0.0781 e. The van der Waals surface area contributed by atoms with Crippen molar-refractivity contribution in [1.29, 1.82) is 0 Å². The molecule has 1 aliphatic heterocycles. The molecule has 3 atom stereocenters. The van der Waals surface area contributed by atoms with Gasteiger partial charge < -0.3 is 15.2 Å². The Bertz CT molecular complexity index is 382. The van der Waals surface area contributed by atoms with Gasteiger partial charge in [0.05, 0.1) is 18.3 Å². The normalized spacial score (nSPS) is 29.9. The maximum absolute atomic E-state index is 9.77. The molecule has 100 valence electrons. The molecule has 3 heteroatoms. The SMILES string of the molecule is CC1CC(Nc2ccccc2C(C)O)CC(C)O1. The highest BCUT2D eigenvalue weighted by Gasteiger charge is 2.24. The zero-order valence-corrected chi connectivity index (χ0v) is 11.4. The highest BCUT2D eigenvalue weighted by atomic mass is 16.5. The number of aliphatic hydroxyl groups excluding tert-OH is 1. The van der Waals surface area contributed by atoms with E-state index in [1.165, 1.54) is 0 Å². The molecule has 0 amide bonds. The van der Waals surface area contributed by atoms with E-state index in [4.69, 9.17) is 4.74 Å². The van der Waals surface area contributed by atoms with Gasteiger partial charge in [-0.1, -0.05) is 18.2 Å². The molecule has 1 aliphatic rings. The number of ether oxygens (including phenoxy) is 1. The Hall–Kier alpha value is -1.06. The largest absolute Gasteiger partial charge is 0.389 e. The quantitative estimate of drug-likeness (QED) is 0.865. The zero-order valence-electron chi connectivity index (χ0n) is 11.4. The van der Waals surface area contributed by atoms with E-state index in [1.807, 2.05) is 24.3 Å². The van der Waals surface area contributed by atoms with Crippen molar-refractivity contribution in [3.63, 3.8) is 0 Å². The van der Waals surface area contributed by atoms with E-state index in [0.29, 0.717) is 18.2 Å². The van der Waals surface area contributed by atoms with Gasteiger partial charge in [-0.3, -0.25) is 0 Å². The number of nitrogens with one attached hydrogen (secondary N) is 1. The number of aliphatic hydroxyl groups is 1. The second-order valence-corrected chi connectivity index (χ2v) is 5.33. The third kappa shape index (κ3) is 3.24. The van der Waals surface area contributed by atoms with Gasteiger partial charge in [0.25, 0.3) is 0 Å². The van der Waals surface area contributed by atoms with E-state index < -0.39 is 6.10 Å². The first-order valence-electron chi connectivity index (χ1n) is 6.75. The minimum atomic E-state index is -0.441. The summed E-state index contributed by atoms with van der Waals surface area (Å²) in [4.78, 5) is 0. The summed E-state index contributed by atoms with van der Waals surface area (Å²) < 4.78 is 5.74. The summed E-state index contributed by atoms with van der Waals surface area (Å²) in [5.74, 6) is 0.